The monoisotopic (exact) mass is 432 g/mol. The fourth-order valence-electron chi connectivity index (χ4n) is 3.99. The van der Waals surface area contributed by atoms with Gasteiger partial charge in [0.2, 0.25) is 5.91 Å². The molecule has 2 aliphatic rings. The topological polar surface area (TPSA) is 67.9 Å². The van der Waals surface area contributed by atoms with Crippen LogP contribution in [0.1, 0.15) is 44.2 Å². The number of hydrogen-bond acceptors (Lipinski definition) is 4. The average Bonchev–Trinajstić information content (AvgIpc) is 3.10. The molecule has 0 aliphatic carbocycles. The Balaban J connectivity index is 1.24. The number of fused-ring (bicyclic) bond motifs is 1. The maximum atomic E-state index is 12.1. The third-order valence-corrected chi connectivity index (χ3v) is 5.52. The molecule has 4 rings (SSSR count). The van der Waals surface area contributed by atoms with Crippen LogP contribution in [0.25, 0.3) is 0 Å². The van der Waals surface area contributed by atoms with E-state index in [4.69, 9.17) is 9.47 Å². The van der Waals surface area contributed by atoms with Crippen LogP contribution >= 0.6 is 0 Å². The van der Waals surface area contributed by atoms with Crippen molar-refractivity contribution in [3.8, 4) is 23.3 Å². The smallest absolute Gasteiger partial charge is 0.258 e. The van der Waals surface area contributed by atoms with Crippen molar-refractivity contribution in [3.63, 3.8) is 0 Å². The van der Waals surface area contributed by atoms with Crippen LogP contribution in [-0.2, 0) is 16.0 Å². The Kier molecular flexibility index (Phi) is 6.36. The molecule has 0 atom stereocenters. The number of nitrogens with one attached hydrogen (secondary N) is 1. The summed E-state index contributed by atoms with van der Waals surface area (Å²) >= 11 is 0. The lowest BCUT2D eigenvalue weighted by Crippen LogP contribution is -2.35. The Hall–Kier alpha value is -3.46. The summed E-state index contributed by atoms with van der Waals surface area (Å²) in [5, 5.41) is 2.74. The zero-order valence-electron chi connectivity index (χ0n) is 18.6. The van der Waals surface area contributed by atoms with Crippen LogP contribution in [0.2, 0.25) is 0 Å². The first-order chi connectivity index (χ1) is 15.4. The molecule has 1 fully saturated rings. The number of amides is 2. The fourth-order valence-corrected chi connectivity index (χ4v) is 3.99. The van der Waals surface area contributed by atoms with Crippen molar-refractivity contribution >= 4 is 17.5 Å². The molecule has 32 heavy (non-hydrogen) atoms. The standard InChI is InChI=1S/C26H28N2O4/c1-26(2)17-20-8-5-9-22(25(20)32-26)31-18-23(29)27-15-6-7-19-11-13-21(14-12-19)28-16-4-3-10-24(28)30/h5,8-9,11-14H,3-4,10,15-18H2,1-2H3,(H,27,29). The maximum absolute atomic E-state index is 12.1. The van der Waals surface area contributed by atoms with Crippen molar-refractivity contribution < 1.29 is 19.1 Å². The van der Waals surface area contributed by atoms with Crippen molar-refractivity contribution in [2.45, 2.75) is 45.1 Å². The highest BCUT2D eigenvalue weighted by atomic mass is 16.5. The highest BCUT2D eigenvalue weighted by Crippen LogP contribution is 2.41. The second-order valence-electron chi connectivity index (χ2n) is 8.70. The predicted molar refractivity (Wildman–Crippen MR) is 123 cm³/mol. The highest BCUT2D eigenvalue weighted by Gasteiger charge is 2.32. The molecule has 6 heteroatoms. The van der Waals surface area contributed by atoms with E-state index >= 15 is 0 Å². The van der Waals surface area contributed by atoms with E-state index in [0.29, 0.717) is 12.2 Å². The second kappa shape index (κ2) is 9.35. The Morgan fingerprint density at radius 2 is 2.00 bits per heavy atom. The van der Waals surface area contributed by atoms with Crippen molar-refractivity contribution in [1.29, 1.82) is 0 Å². The number of nitrogens with zero attached hydrogens (tertiary/aromatic N) is 1. The lowest BCUT2D eigenvalue weighted by Gasteiger charge is -2.26. The van der Waals surface area contributed by atoms with E-state index in [1.165, 1.54) is 0 Å². The lowest BCUT2D eigenvalue weighted by molar-refractivity contribution is -0.123. The van der Waals surface area contributed by atoms with E-state index < -0.39 is 0 Å². The first-order valence-electron chi connectivity index (χ1n) is 11.0. The van der Waals surface area contributed by atoms with E-state index in [2.05, 4.69) is 17.2 Å². The molecule has 2 aliphatic heterocycles. The maximum Gasteiger partial charge on any atom is 0.258 e. The summed E-state index contributed by atoms with van der Waals surface area (Å²) in [6.07, 6.45) is 3.43. The van der Waals surface area contributed by atoms with Gasteiger partial charge in [0.05, 0.1) is 6.54 Å². The molecule has 0 spiro atoms. The quantitative estimate of drug-likeness (QED) is 0.735. The van der Waals surface area contributed by atoms with Crippen molar-refractivity contribution in [2.75, 3.05) is 24.6 Å². The fraction of sp³-hybridized carbons (Fsp3) is 0.385. The Morgan fingerprint density at radius 3 is 2.78 bits per heavy atom. The molecule has 0 unspecified atom stereocenters. The average molecular weight is 433 g/mol. The first-order valence-corrected chi connectivity index (χ1v) is 11.0. The van der Waals surface area contributed by atoms with Gasteiger partial charge in [0.1, 0.15) is 5.60 Å². The Bertz CT molecular complexity index is 1060. The third kappa shape index (κ3) is 5.23. The van der Waals surface area contributed by atoms with E-state index in [0.717, 1.165) is 48.4 Å². The van der Waals surface area contributed by atoms with E-state index in [9.17, 15) is 9.59 Å². The molecule has 0 saturated carbocycles. The van der Waals surface area contributed by atoms with Crippen LogP contribution in [0.15, 0.2) is 42.5 Å². The molecule has 0 radical (unpaired) electrons. The largest absolute Gasteiger partial charge is 0.483 e. The molecule has 2 amide bonds. The Morgan fingerprint density at radius 1 is 1.19 bits per heavy atom. The molecule has 166 valence electrons. The number of rotatable bonds is 5. The van der Waals surface area contributed by atoms with Gasteiger partial charge < -0.3 is 19.7 Å². The van der Waals surface area contributed by atoms with Crippen LogP contribution < -0.4 is 19.7 Å². The normalized spacial score (nSPS) is 16.4. The minimum atomic E-state index is -0.263. The number of para-hydroxylation sites is 1. The molecule has 2 heterocycles. The summed E-state index contributed by atoms with van der Waals surface area (Å²) < 4.78 is 11.6. The van der Waals surface area contributed by atoms with Crippen molar-refractivity contribution in [2.24, 2.45) is 0 Å². The van der Waals surface area contributed by atoms with Crippen molar-refractivity contribution in [3.05, 3.63) is 53.6 Å². The summed E-state index contributed by atoms with van der Waals surface area (Å²) in [6, 6.07) is 13.4. The minimum Gasteiger partial charge on any atom is -0.483 e. The summed E-state index contributed by atoms with van der Waals surface area (Å²) in [7, 11) is 0. The van der Waals surface area contributed by atoms with Gasteiger partial charge in [-0.2, -0.15) is 0 Å². The molecular formula is C26H28N2O4. The number of piperidine rings is 1. The van der Waals surface area contributed by atoms with Crippen molar-refractivity contribution in [1.82, 2.24) is 5.32 Å². The van der Waals surface area contributed by atoms with Gasteiger partial charge in [0.25, 0.3) is 5.91 Å². The highest BCUT2D eigenvalue weighted by molar-refractivity contribution is 5.94. The van der Waals surface area contributed by atoms with Gasteiger partial charge in [-0.1, -0.05) is 24.0 Å². The van der Waals surface area contributed by atoms with Gasteiger partial charge in [-0.3, -0.25) is 9.59 Å². The zero-order valence-corrected chi connectivity index (χ0v) is 18.6. The Labute approximate surface area is 188 Å². The van der Waals surface area contributed by atoms with Crippen LogP contribution in [0.4, 0.5) is 5.69 Å². The number of anilines is 1. The number of carbonyl (C=O) groups is 2. The van der Waals surface area contributed by atoms with E-state index in [1.807, 2.05) is 61.2 Å². The summed E-state index contributed by atoms with van der Waals surface area (Å²) in [5.41, 5.74) is 2.57. The van der Waals surface area contributed by atoms with Crippen LogP contribution in [0.3, 0.4) is 0 Å². The molecule has 1 N–H and O–H groups in total. The van der Waals surface area contributed by atoms with Gasteiger partial charge in [-0.05, 0) is 57.0 Å². The first kappa shape index (κ1) is 21.8. The lowest BCUT2D eigenvalue weighted by atomic mass is 10.0. The second-order valence-corrected chi connectivity index (χ2v) is 8.70. The van der Waals surface area contributed by atoms with Crippen LogP contribution in [-0.4, -0.2) is 37.1 Å². The number of hydrogen-bond donors (Lipinski definition) is 1. The van der Waals surface area contributed by atoms with Gasteiger partial charge in [-0.25, -0.2) is 0 Å². The molecule has 2 aromatic carbocycles. The molecular weight excluding hydrogens is 404 g/mol. The predicted octanol–water partition coefficient (Wildman–Crippen LogP) is 3.46. The van der Waals surface area contributed by atoms with Gasteiger partial charge in [0, 0.05) is 36.2 Å². The van der Waals surface area contributed by atoms with Gasteiger partial charge >= 0.3 is 0 Å². The number of carbonyl (C=O) groups excluding carboxylic acids is 2. The summed E-state index contributed by atoms with van der Waals surface area (Å²) in [6.45, 7) is 4.96. The third-order valence-electron chi connectivity index (χ3n) is 5.52. The minimum absolute atomic E-state index is 0.0967. The van der Waals surface area contributed by atoms with Gasteiger partial charge in [-0.15, -0.1) is 0 Å². The summed E-state index contributed by atoms with van der Waals surface area (Å²) in [4.78, 5) is 26.0. The zero-order chi connectivity index (χ0) is 22.6. The van der Waals surface area contributed by atoms with E-state index in [1.54, 1.807) is 0 Å². The van der Waals surface area contributed by atoms with Crippen LogP contribution in [0.5, 0.6) is 11.5 Å². The molecule has 0 aromatic heterocycles. The molecule has 2 aromatic rings. The molecule has 0 bridgehead atoms. The summed E-state index contributed by atoms with van der Waals surface area (Å²) in [5.74, 6) is 7.22. The molecule has 1 saturated heterocycles. The number of ether oxygens (including phenoxy) is 2. The molecule has 6 nitrogen and oxygen atoms in total. The van der Waals surface area contributed by atoms with Gasteiger partial charge in [0.15, 0.2) is 18.1 Å². The van der Waals surface area contributed by atoms with E-state index in [-0.39, 0.29) is 30.6 Å². The number of benzene rings is 2. The SMILES string of the molecule is CC1(C)Cc2cccc(OCC(=O)NCC#Cc3ccc(N4CCCCC4=O)cc3)c2O1. The van der Waals surface area contributed by atoms with Crippen LogP contribution in [0, 0.1) is 11.8 Å².